The molecule has 1 N–H and O–H groups in total. The van der Waals surface area contributed by atoms with E-state index >= 15 is 0 Å². The Morgan fingerprint density at radius 1 is 1.06 bits per heavy atom. The van der Waals surface area contributed by atoms with Crippen LogP contribution in [0.2, 0.25) is 0 Å². The molecule has 0 saturated carbocycles. The van der Waals surface area contributed by atoms with E-state index in [4.69, 9.17) is 0 Å². The minimum Gasteiger partial charge on any atom is -0.373 e. The molecule has 1 aromatic heterocycles. The summed E-state index contributed by atoms with van der Waals surface area (Å²) in [5.41, 5.74) is 1.15. The highest BCUT2D eigenvalue weighted by Crippen LogP contribution is 2.20. The van der Waals surface area contributed by atoms with Crippen molar-refractivity contribution in [1.29, 1.82) is 0 Å². The molecule has 5 heteroatoms. The highest BCUT2D eigenvalue weighted by atomic mass is 19.1. The van der Waals surface area contributed by atoms with E-state index in [0.29, 0.717) is 17.2 Å². The molecule has 2 rings (SSSR count). The lowest BCUT2D eigenvalue weighted by molar-refractivity contribution is 0.584. The minimum absolute atomic E-state index is 0.317. The van der Waals surface area contributed by atoms with Crippen molar-refractivity contribution in [3.05, 3.63) is 41.6 Å². The van der Waals surface area contributed by atoms with Crippen LogP contribution in [-0.2, 0) is 6.42 Å². The summed E-state index contributed by atoms with van der Waals surface area (Å²) in [6.45, 7) is 1.96. The first kappa shape index (κ1) is 12.4. The van der Waals surface area contributed by atoms with Crippen LogP contribution in [0.3, 0.4) is 0 Å². The third-order valence-electron chi connectivity index (χ3n) is 2.52. The van der Waals surface area contributed by atoms with Gasteiger partial charge in [-0.25, -0.2) is 18.7 Å². The van der Waals surface area contributed by atoms with Gasteiger partial charge in [-0.05, 0) is 18.6 Å². The second kappa shape index (κ2) is 5.08. The van der Waals surface area contributed by atoms with Crippen molar-refractivity contribution in [1.82, 2.24) is 9.97 Å². The van der Waals surface area contributed by atoms with Crippen molar-refractivity contribution in [2.75, 3.05) is 12.4 Å². The van der Waals surface area contributed by atoms with Gasteiger partial charge >= 0.3 is 0 Å². The lowest BCUT2D eigenvalue weighted by atomic mass is 10.2. The highest BCUT2D eigenvalue weighted by molar-refractivity contribution is 5.57. The Hall–Kier alpha value is -2.04. The lowest BCUT2D eigenvalue weighted by Gasteiger charge is -2.07. The number of rotatable bonds is 3. The fourth-order valence-corrected chi connectivity index (χ4v) is 1.62. The van der Waals surface area contributed by atoms with Gasteiger partial charge < -0.3 is 5.32 Å². The summed E-state index contributed by atoms with van der Waals surface area (Å²) in [6, 6.07) is 5.07. The zero-order chi connectivity index (χ0) is 13.1. The van der Waals surface area contributed by atoms with Crippen LogP contribution in [-0.4, -0.2) is 17.0 Å². The summed E-state index contributed by atoms with van der Waals surface area (Å²) < 4.78 is 26.3. The Morgan fingerprint density at radius 3 is 2.28 bits per heavy atom. The van der Waals surface area contributed by atoms with Crippen LogP contribution in [0.25, 0.3) is 11.4 Å². The smallest absolute Gasteiger partial charge is 0.161 e. The van der Waals surface area contributed by atoms with Gasteiger partial charge in [0.05, 0.1) is 0 Å². The van der Waals surface area contributed by atoms with Gasteiger partial charge in [0.25, 0.3) is 0 Å². The van der Waals surface area contributed by atoms with Crippen LogP contribution < -0.4 is 5.32 Å². The highest BCUT2D eigenvalue weighted by Gasteiger charge is 2.08. The van der Waals surface area contributed by atoms with Crippen LogP contribution in [0.15, 0.2) is 24.3 Å². The van der Waals surface area contributed by atoms with Gasteiger partial charge in [-0.2, -0.15) is 0 Å². The number of nitrogens with one attached hydrogen (secondary N) is 1. The minimum atomic E-state index is -0.637. The fourth-order valence-electron chi connectivity index (χ4n) is 1.62. The number of aryl methyl sites for hydroxylation is 1. The number of hydrogen-bond donors (Lipinski definition) is 1. The number of hydrogen-bond acceptors (Lipinski definition) is 3. The Labute approximate surface area is 104 Å². The van der Waals surface area contributed by atoms with Gasteiger partial charge in [-0.3, -0.25) is 0 Å². The third-order valence-corrected chi connectivity index (χ3v) is 2.52. The molecule has 2 aromatic rings. The summed E-state index contributed by atoms with van der Waals surface area (Å²) in [5, 5.41) is 2.90. The van der Waals surface area contributed by atoms with E-state index in [1.165, 1.54) is 12.1 Å². The van der Waals surface area contributed by atoms with E-state index in [1.54, 1.807) is 13.1 Å². The number of nitrogens with zero attached hydrogens (tertiary/aromatic N) is 2. The zero-order valence-corrected chi connectivity index (χ0v) is 10.2. The van der Waals surface area contributed by atoms with Crippen molar-refractivity contribution < 1.29 is 8.78 Å². The van der Waals surface area contributed by atoms with E-state index in [-0.39, 0.29) is 0 Å². The molecular weight excluding hydrogens is 236 g/mol. The molecule has 0 bridgehead atoms. The molecule has 0 saturated heterocycles. The zero-order valence-electron chi connectivity index (χ0n) is 10.2. The summed E-state index contributed by atoms with van der Waals surface area (Å²) in [5.74, 6) is -0.332. The van der Waals surface area contributed by atoms with Crippen LogP contribution in [0, 0.1) is 11.6 Å². The molecule has 1 aromatic carbocycles. The second-order valence-electron chi connectivity index (χ2n) is 3.83. The summed E-state index contributed by atoms with van der Waals surface area (Å²) in [4.78, 5) is 8.46. The Kier molecular flexibility index (Phi) is 3.50. The molecule has 0 amide bonds. The van der Waals surface area contributed by atoms with Gasteiger partial charge in [0.2, 0.25) is 0 Å². The molecular formula is C13H13F2N3. The van der Waals surface area contributed by atoms with Gasteiger partial charge in [0.1, 0.15) is 17.5 Å². The molecule has 1 heterocycles. The van der Waals surface area contributed by atoms with E-state index < -0.39 is 11.6 Å². The second-order valence-corrected chi connectivity index (χ2v) is 3.83. The molecule has 0 aliphatic carbocycles. The molecule has 0 fully saturated rings. The van der Waals surface area contributed by atoms with Crippen molar-refractivity contribution in [2.45, 2.75) is 13.3 Å². The molecule has 0 aliphatic rings. The summed E-state index contributed by atoms with van der Waals surface area (Å²) in [6.07, 6.45) is 0.724. The maximum Gasteiger partial charge on any atom is 0.161 e. The van der Waals surface area contributed by atoms with Crippen LogP contribution in [0.1, 0.15) is 12.6 Å². The normalized spacial score (nSPS) is 10.4. The fraction of sp³-hybridized carbons (Fsp3) is 0.231. The first-order chi connectivity index (χ1) is 8.62. The number of benzene rings is 1. The largest absolute Gasteiger partial charge is 0.373 e. The number of anilines is 1. The topological polar surface area (TPSA) is 37.8 Å². The SMILES string of the molecule is CCc1cc(NC)nc(-c2cc(F)cc(F)c2)n1. The van der Waals surface area contributed by atoms with E-state index in [0.717, 1.165) is 18.2 Å². The van der Waals surface area contributed by atoms with Crippen molar-refractivity contribution >= 4 is 5.82 Å². The van der Waals surface area contributed by atoms with Crippen molar-refractivity contribution in [3.63, 3.8) is 0 Å². The maximum atomic E-state index is 13.2. The maximum absolute atomic E-state index is 13.2. The molecule has 94 valence electrons. The molecule has 0 spiro atoms. The predicted octanol–water partition coefficient (Wildman–Crippen LogP) is 3.03. The van der Waals surface area contributed by atoms with Gasteiger partial charge in [0.15, 0.2) is 5.82 Å². The van der Waals surface area contributed by atoms with Gasteiger partial charge in [0, 0.05) is 30.4 Å². The Balaban J connectivity index is 2.55. The quantitative estimate of drug-likeness (QED) is 0.908. The molecule has 0 atom stereocenters. The molecule has 0 aliphatic heterocycles. The molecule has 0 unspecified atom stereocenters. The Morgan fingerprint density at radius 2 is 1.72 bits per heavy atom. The number of halogens is 2. The molecule has 18 heavy (non-hydrogen) atoms. The summed E-state index contributed by atoms with van der Waals surface area (Å²) in [7, 11) is 1.73. The Bertz CT molecular complexity index is 528. The predicted molar refractivity (Wildman–Crippen MR) is 66.3 cm³/mol. The van der Waals surface area contributed by atoms with Gasteiger partial charge in [-0.15, -0.1) is 0 Å². The first-order valence-corrected chi connectivity index (χ1v) is 5.64. The lowest BCUT2D eigenvalue weighted by Crippen LogP contribution is -2.00. The standard InChI is InChI=1S/C13H13F2N3/c1-3-11-7-12(16-2)18-13(17-11)8-4-9(14)6-10(15)5-8/h4-7H,3H2,1-2H3,(H,16,17,18). The average molecular weight is 249 g/mol. The van der Waals surface area contributed by atoms with Crippen molar-refractivity contribution in [3.8, 4) is 11.4 Å². The van der Waals surface area contributed by atoms with E-state index in [9.17, 15) is 8.78 Å². The van der Waals surface area contributed by atoms with Crippen LogP contribution >= 0.6 is 0 Å². The van der Waals surface area contributed by atoms with E-state index in [1.807, 2.05) is 6.92 Å². The average Bonchev–Trinajstić information content (AvgIpc) is 2.37. The summed E-state index contributed by atoms with van der Waals surface area (Å²) >= 11 is 0. The molecule has 3 nitrogen and oxygen atoms in total. The van der Waals surface area contributed by atoms with Crippen LogP contribution in [0.4, 0.5) is 14.6 Å². The van der Waals surface area contributed by atoms with Crippen molar-refractivity contribution in [2.24, 2.45) is 0 Å². The monoisotopic (exact) mass is 249 g/mol. The van der Waals surface area contributed by atoms with E-state index in [2.05, 4.69) is 15.3 Å². The number of aromatic nitrogens is 2. The van der Waals surface area contributed by atoms with Gasteiger partial charge in [-0.1, -0.05) is 6.92 Å². The molecule has 0 radical (unpaired) electrons. The van der Waals surface area contributed by atoms with Crippen LogP contribution in [0.5, 0.6) is 0 Å². The third kappa shape index (κ3) is 2.61. The first-order valence-electron chi connectivity index (χ1n) is 5.64.